The van der Waals surface area contributed by atoms with Gasteiger partial charge in [-0.25, -0.2) is 4.98 Å². The lowest BCUT2D eigenvalue weighted by molar-refractivity contribution is -0.137. The van der Waals surface area contributed by atoms with Gasteiger partial charge in [-0.15, -0.1) is 11.3 Å². The SMILES string of the molecule is CC(CCC(=O)O)NC(=O)c1cnc(-c2ccc3c(c2)OCO3)s1. The largest absolute Gasteiger partial charge is 0.481 e. The number of carboxylic acids is 1. The molecule has 2 heterocycles. The zero-order valence-corrected chi connectivity index (χ0v) is 13.8. The number of ether oxygens (including phenoxy) is 2. The van der Waals surface area contributed by atoms with Crippen LogP contribution < -0.4 is 14.8 Å². The first-order valence-electron chi connectivity index (χ1n) is 7.41. The average molecular weight is 348 g/mol. The van der Waals surface area contributed by atoms with Gasteiger partial charge in [-0.2, -0.15) is 0 Å². The summed E-state index contributed by atoms with van der Waals surface area (Å²) in [5.74, 6) is 0.230. The molecule has 1 atom stereocenters. The third kappa shape index (κ3) is 3.65. The second-order valence-corrected chi connectivity index (χ2v) is 6.44. The molecule has 0 radical (unpaired) electrons. The van der Waals surface area contributed by atoms with Gasteiger partial charge in [-0.3, -0.25) is 9.59 Å². The van der Waals surface area contributed by atoms with E-state index >= 15 is 0 Å². The van der Waals surface area contributed by atoms with Gasteiger partial charge in [0.25, 0.3) is 5.91 Å². The summed E-state index contributed by atoms with van der Waals surface area (Å²) in [4.78, 5) is 27.5. The molecule has 0 spiro atoms. The Kier molecular flexibility index (Phi) is 4.66. The summed E-state index contributed by atoms with van der Waals surface area (Å²) in [7, 11) is 0. The van der Waals surface area contributed by atoms with Crippen LogP contribution >= 0.6 is 11.3 Å². The summed E-state index contributed by atoms with van der Waals surface area (Å²) < 4.78 is 10.6. The summed E-state index contributed by atoms with van der Waals surface area (Å²) >= 11 is 1.27. The van der Waals surface area contributed by atoms with Crippen LogP contribution in [-0.4, -0.2) is 34.8 Å². The van der Waals surface area contributed by atoms with Crippen molar-refractivity contribution in [1.29, 1.82) is 0 Å². The minimum atomic E-state index is -0.876. The van der Waals surface area contributed by atoms with Gasteiger partial charge >= 0.3 is 5.97 Å². The molecule has 1 aliphatic rings. The predicted octanol–water partition coefficient (Wildman–Crippen LogP) is 2.52. The molecular weight excluding hydrogens is 332 g/mol. The molecule has 126 valence electrons. The first kappa shape index (κ1) is 16.3. The van der Waals surface area contributed by atoms with Crippen LogP contribution in [0.5, 0.6) is 11.5 Å². The molecule has 0 bridgehead atoms. The molecule has 3 rings (SSSR count). The van der Waals surface area contributed by atoms with E-state index in [1.165, 1.54) is 17.5 Å². The van der Waals surface area contributed by atoms with Crippen LogP contribution in [0.1, 0.15) is 29.4 Å². The molecule has 1 unspecified atom stereocenters. The van der Waals surface area contributed by atoms with E-state index in [9.17, 15) is 9.59 Å². The van der Waals surface area contributed by atoms with Gasteiger partial charge in [-0.1, -0.05) is 0 Å². The maximum Gasteiger partial charge on any atom is 0.303 e. The predicted molar refractivity (Wildman–Crippen MR) is 87.5 cm³/mol. The Morgan fingerprint density at radius 1 is 1.38 bits per heavy atom. The van der Waals surface area contributed by atoms with Crippen molar-refractivity contribution in [2.75, 3.05) is 6.79 Å². The molecule has 0 saturated carbocycles. The van der Waals surface area contributed by atoms with E-state index in [0.29, 0.717) is 27.8 Å². The topological polar surface area (TPSA) is 97.8 Å². The van der Waals surface area contributed by atoms with Crippen LogP contribution in [0.25, 0.3) is 10.6 Å². The summed E-state index contributed by atoms with van der Waals surface area (Å²) in [6, 6.07) is 5.29. The highest BCUT2D eigenvalue weighted by Gasteiger charge is 2.17. The van der Waals surface area contributed by atoms with Crippen molar-refractivity contribution in [2.45, 2.75) is 25.8 Å². The Morgan fingerprint density at radius 2 is 2.17 bits per heavy atom. The minimum Gasteiger partial charge on any atom is -0.481 e. The van der Waals surface area contributed by atoms with Crippen LogP contribution in [0.4, 0.5) is 0 Å². The minimum absolute atomic E-state index is 0.0204. The number of carbonyl (C=O) groups excluding carboxylic acids is 1. The lowest BCUT2D eigenvalue weighted by Gasteiger charge is -2.11. The molecule has 1 aliphatic heterocycles. The van der Waals surface area contributed by atoms with Crippen molar-refractivity contribution in [3.05, 3.63) is 29.3 Å². The third-order valence-electron chi connectivity index (χ3n) is 3.52. The first-order chi connectivity index (χ1) is 11.5. The summed E-state index contributed by atoms with van der Waals surface area (Å²) in [6.07, 6.45) is 1.92. The number of fused-ring (bicyclic) bond motifs is 1. The number of rotatable bonds is 6. The molecule has 0 fully saturated rings. The number of benzene rings is 1. The maximum atomic E-state index is 12.2. The van der Waals surface area contributed by atoms with Crippen molar-refractivity contribution < 1.29 is 24.2 Å². The second kappa shape index (κ2) is 6.88. The Hall–Kier alpha value is -2.61. The zero-order valence-electron chi connectivity index (χ0n) is 12.9. The smallest absolute Gasteiger partial charge is 0.303 e. The van der Waals surface area contributed by atoms with E-state index in [-0.39, 0.29) is 25.2 Å². The summed E-state index contributed by atoms with van der Waals surface area (Å²) in [5.41, 5.74) is 0.849. The van der Waals surface area contributed by atoms with Gasteiger partial charge < -0.3 is 19.9 Å². The van der Waals surface area contributed by atoms with Gasteiger partial charge in [0.15, 0.2) is 11.5 Å². The fourth-order valence-corrected chi connectivity index (χ4v) is 3.06. The van der Waals surface area contributed by atoms with Crippen molar-refractivity contribution in [2.24, 2.45) is 0 Å². The summed E-state index contributed by atoms with van der Waals surface area (Å²) in [5, 5.41) is 12.2. The normalized spacial score (nSPS) is 13.5. The molecule has 0 aliphatic carbocycles. The maximum absolute atomic E-state index is 12.2. The Labute approximate surface area is 142 Å². The monoisotopic (exact) mass is 348 g/mol. The molecule has 8 heteroatoms. The van der Waals surface area contributed by atoms with Crippen LogP contribution in [-0.2, 0) is 4.79 Å². The first-order valence-corrected chi connectivity index (χ1v) is 8.23. The number of thiazole rings is 1. The lowest BCUT2D eigenvalue weighted by Crippen LogP contribution is -2.32. The number of hydrogen-bond donors (Lipinski definition) is 2. The van der Waals surface area contributed by atoms with E-state index in [1.807, 2.05) is 18.2 Å². The Balaban J connectivity index is 1.66. The fourth-order valence-electron chi connectivity index (χ4n) is 2.25. The highest BCUT2D eigenvalue weighted by Crippen LogP contribution is 2.36. The van der Waals surface area contributed by atoms with Crippen LogP contribution in [0, 0.1) is 0 Å². The molecule has 2 N–H and O–H groups in total. The zero-order chi connectivity index (χ0) is 17.1. The number of nitrogens with zero attached hydrogens (tertiary/aromatic N) is 1. The van der Waals surface area contributed by atoms with E-state index in [0.717, 1.165) is 5.56 Å². The molecular formula is C16H16N2O5S. The number of amides is 1. The van der Waals surface area contributed by atoms with E-state index < -0.39 is 5.97 Å². The van der Waals surface area contributed by atoms with Gasteiger partial charge in [0.05, 0.1) is 6.20 Å². The van der Waals surface area contributed by atoms with Gasteiger partial charge in [0.1, 0.15) is 9.88 Å². The molecule has 0 saturated heterocycles. The number of aromatic nitrogens is 1. The van der Waals surface area contributed by atoms with Gasteiger partial charge in [-0.05, 0) is 31.5 Å². The van der Waals surface area contributed by atoms with Gasteiger partial charge in [0.2, 0.25) is 6.79 Å². The van der Waals surface area contributed by atoms with E-state index in [2.05, 4.69) is 10.3 Å². The van der Waals surface area contributed by atoms with E-state index in [4.69, 9.17) is 14.6 Å². The number of aliphatic carboxylic acids is 1. The van der Waals surface area contributed by atoms with Crippen molar-refractivity contribution >= 4 is 23.2 Å². The quantitative estimate of drug-likeness (QED) is 0.832. The Bertz CT molecular complexity index is 774. The molecule has 7 nitrogen and oxygen atoms in total. The van der Waals surface area contributed by atoms with Crippen LogP contribution in [0.15, 0.2) is 24.4 Å². The number of carbonyl (C=O) groups is 2. The molecule has 1 amide bonds. The van der Waals surface area contributed by atoms with Crippen molar-refractivity contribution in [1.82, 2.24) is 10.3 Å². The molecule has 1 aromatic heterocycles. The number of carboxylic acid groups (broad SMARTS) is 1. The van der Waals surface area contributed by atoms with E-state index in [1.54, 1.807) is 6.92 Å². The Morgan fingerprint density at radius 3 is 2.96 bits per heavy atom. The summed E-state index contributed by atoms with van der Waals surface area (Å²) in [6.45, 7) is 1.99. The third-order valence-corrected chi connectivity index (χ3v) is 4.56. The molecule has 24 heavy (non-hydrogen) atoms. The van der Waals surface area contributed by atoms with Crippen molar-refractivity contribution in [3.63, 3.8) is 0 Å². The van der Waals surface area contributed by atoms with Crippen molar-refractivity contribution in [3.8, 4) is 22.1 Å². The number of hydrogen-bond acceptors (Lipinski definition) is 6. The number of nitrogens with one attached hydrogen (secondary N) is 1. The fraction of sp³-hybridized carbons (Fsp3) is 0.312. The standard InChI is InChI=1S/C16H16N2O5S/c1-9(2-5-14(19)20)18-15(21)13-7-17-16(24-13)10-3-4-11-12(6-10)23-8-22-11/h3-4,6-7,9H,2,5,8H2,1H3,(H,18,21)(H,19,20). The van der Waals surface area contributed by atoms with Crippen LogP contribution in [0.3, 0.4) is 0 Å². The molecule has 1 aromatic carbocycles. The van der Waals surface area contributed by atoms with Crippen LogP contribution in [0.2, 0.25) is 0 Å². The second-order valence-electron chi connectivity index (χ2n) is 5.40. The highest BCUT2D eigenvalue weighted by molar-refractivity contribution is 7.16. The lowest BCUT2D eigenvalue weighted by atomic mass is 10.2. The highest BCUT2D eigenvalue weighted by atomic mass is 32.1. The van der Waals surface area contributed by atoms with Gasteiger partial charge in [0, 0.05) is 18.0 Å². The molecule has 2 aromatic rings. The average Bonchev–Trinajstić information content (AvgIpc) is 3.21.